The lowest BCUT2D eigenvalue weighted by atomic mass is 9.76. The summed E-state index contributed by atoms with van der Waals surface area (Å²) in [5, 5.41) is 5.54. The van der Waals surface area contributed by atoms with Crippen LogP contribution in [0.15, 0.2) is 35.3 Å². The molecule has 2 amide bonds. The molecule has 28 heavy (non-hydrogen) atoms. The smallest absolute Gasteiger partial charge is 0.275 e. The summed E-state index contributed by atoms with van der Waals surface area (Å²) in [5.41, 5.74) is -0.640. The first-order valence-corrected chi connectivity index (χ1v) is 9.94. The van der Waals surface area contributed by atoms with Gasteiger partial charge in [-0.25, -0.2) is 4.68 Å². The predicted molar refractivity (Wildman–Crippen MR) is 106 cm³/mol. The second-order valence-electron chi connectivity index (χ2n) is 8.07. The number of likely N-dealkylation sites (tertiary alicyclic amines) is 2. The molecule has 7 nitrogen and oxygen atoms in total. The van der Waals surface area contributed by atoms with E-state index in [4.69, 9.17) is 0 Å². The maximum absolute atomic E-state index is 13.2. The molecule has 0 saturated carbocycles. The molecule has 4 rings (SSSR count). The van der Waals surface area contributed by atoms with E-state index in [0.29, 0.717) is 11.9 Å². The molecule has 148 valence electrons. The van der Waals surface area contributed by atoms with Crippen LogP contribution in [0.1, 0.15) is 39.5 Å². The summed E-state index contributed by atoms with van der Waals surface area (Å²) in [4.78, 5) is 41.9. The number of rotatable bonds is 2. The van der Waals surface area contributed by atoms with Crippen molar-refractivity contribution in [2.24, 2.45) is 0 Å². The molecule has 2 saturated heterocycles. The highest BCUT2D eigenvalue weighted by Gasteiger charge is 2.49. The van der Waals surface area contributed by atoms with Crippen LogP contribution < -0.4 is 5.56 Å². The zero-order valence-corrected chi connectivity index (χ0v) is 16.4. The minimum atomic E-state index is -0.389. The fourth-order valence-electron chi connectivity index (χ4n) is 4.99. The summed E-state index contributed by atoms with van der Waals surface area (Å²) in [6.07, 6.45) is 5.14. The van der Waals surface area contributed by atoms with E-state index in [9.17, 15) is 14.4 Å². The van der Waals surface area contributed by atoms with Gasteiger partial charge in [-0.2, -0.15) is 5.10 Å². The van der Waals surface area contributed by atoms with Crippen molar-refractivity contribution in [3.63, 3.8) is 0 Å². The van der Waals surface area contributed by atoms with Crippen LogP contribution in [-0.4, -0.2) is 56.1 Å². The van der Waals surface area contributed by atoms with Crippen LogP contribution in [0.5, 0.6) is 0 Å². The summed E-state index contributed by atoms with van der Waals surface area (Å²) in [6.45, 7) is 5.01. The molecular formula is C21H26N4O3. The Labute approximate surface area is 163 Å². The van der Waals surface area contributed by atoms with Gasteiger partial charge in [0.1, 0.15) is 6.54 Å². The number of carbonyl (C=O) groups excluding carboxylic acids is 2. The molecule has 0 radical (unpaired) electrons. The number of carbonyl (C=O) groups is 2. The summed E-state index contributed by atoms with van der Waals surface area (Å²) in [7, 11) is 0. The van der Waals surface area contributed by atoms with Crippen LogP contribution in [0.25, 0.3) is 10.8 Å². The largest absolute Gasteiger partial charge is 0.338 e. The van der Waals surface area contributed by atoms with Gasteiger partial charge in [0, 0.05) is 25.4 Å². The first-order chi connectivity index (χ1) is 13.4. The highest BCUT2D eigenvalue weighted by Crippen LogP contribution is 2.39. The average molecular weight is 382 g/mol. The maximum atomic E-state index is 13.2. The lowest BCUT2D eigenvalue weighted by Gasteiger charge is -2.56. The van der Waals surface area contributed by atoms with Crippen LogP contribution in [0.2, 0.25) is 0 Å². The first-order valence-electron chi connectivity index (χ1n) is 9.94. The number of fused-ring (bicyclic) bond motifs is 2. The van der Waals surface area contributed by atoms with Gasteiger partial charge in [-0.1, -0.05) is 18.2 Å². The number of amides is 2. The molecule has 0 unspecified atom stereocenters. The third-order valence-corrected chi connectivity index (χ3v) is 6.40. The number of benzene rings is 1. The fourth-order valence-corrected chi connectivity index (χ4v) is 4.99. The van der Waals surface area contributed by atoms with Crippen molar-refractivity contribution in [2.45, 2.75) is 57.7 Å². The molecule has 2 fully saturated rings. The summed E-state index contributed by atoms with van der Waals surface area (Å²) in [6, 6.07) is 7.30. The lowest BCUT2D eigenvalue weighted by Crippen LogP contribution is -2.68. The summed E-state index contributed by atoms with van der Waals surface area (Å²) in [5.74, 6) is -0.0416. The normalized spacial score (nSPS) is 24.9. The Kier molecular flexibility index (Phi) is 4.69. The number of nitrogens with zero attached hydrogens (tertiary/aromatic N) is 4. The Bertz CT molecular complexity index is 985. The second-order valence-corrected chi connectivity index (χ2v) is 8.07. The topological polar surface area (TPSA) is 75.5 Å². The van der Waals surface area contributed by atoms with E-state index in [1.165, 1.54) is 4.68 Å². The lowest BCUT2D eigenvalue weighted by molar-refractivity contribution is -0.155. The summed E-state index contributed by atoms with van der Waals surface area (Å²) >= 11 is 0. The predicted octanol–water partition coefficient (Wildman–Crippen LogP) is 1.79. The zero-order valence-electron chi connectivity index (χ0n) is 16.4. The van der Waals surface area contributed by atoms with E-state index in [2.05, 4.69) is 12.0 Å². The van der Waals surface area contributed by atoms with Crippen LogP contribution in [0, 0.1) is 0 Å². The Balaban J connectivity index is 1.62. The molecule has 3 heterocycles. The number of aromatic nitrogens is 2. The highest BCUT2D eigenvalue weighted by molar-refractivity contribution is 5.81. The second kappa shape index (κ2) is 7.04. The molecule has 0 N–H and O–H groups in total. The Morgan fingerprint density at radius 3 is 2.79 bits per heavy atom. The molecule has 1 aromatic carbocycles. The number of hydrogen-bond donors (Lipinski definition) is 0. The van der Waals surface area contributed by atoms with E-state index in [0.717, 1.165) is 37.6 Å². The molecule has 0 spiro atoms. The van der Waals surface area contributed by atoms with E-state index < -0.39 is 0 Å². The zero-order chi connectivity index (χ0) is 19.9. The molecule has 2 atom stereocenters. The third kappa shape index (κ3) is 2.99. The van der Waals surface area contributed by atoms with Crippen molar-refractivity contribution in [3.8, 4) is 0 Å². The number of hydrogen-bond acceptors (Lipinski definition) is 4. The molecule has 0 aliphatic carbocycles. The van der Waals surface area contributed by atoms with Crippen LogP contribution >= 0.6 is 0 Å². The van der Waals surface area contributed by atoms with Crippen molar-refractivity contribution in [3.05, 3.63) is 40.8 Å². The van der Waals surface area contributed by atoms with Gasteiger partial charge < -0.3 is 9.80 Å². The highest BCUT2D eigenvalue weighted by atomic mass is 16.2. The van der Waals surface area contributed by atoms with Crippen molar-refractivity contribution in [2.75, 3.05) is 13.1 Å². The van der Waals surface area contributed by atoms with E-state index >= 15 is 0 Å². The maximum Gasteiger partial charge on any atom is 0.275 e. The Hall–Kier alpha value is -2.70. The van der Waals surface area contributed by atoms with Crippen LogP contribution in [-0.2, 0) is 16.1 Å². The third-order valence-electron chi connectivity index (χ3n) is 6.40. The van der Waals surface area contributed by atoms with Crippen LogP contribution in [0.3, 0.4) is 0 Å². The molecular weight excluding hydrogens is 356 g/mol. The van der Waals surface area contributed by atoms with Crippen molar-refractivity contribution in [1.29, 1.82) is 0 Å². The average Bonchev–Trinajstić information content (AvgIpc) is 2.68. The molecule has 2 aromatic rings. The monoisotopic (exact) mass is 382 g/mol. The Morgan fingerprint density at radius 2 is 2.00 bits per heavy atom. The standard InChI is InChI=1S/C21H26N4O3/c1-15(26)23-11-6-10-21(2)18(23)9-5-12-24(21)19(27)14-25-20(28)17-8-4-3-7-16(17)13-22-25/h3-4,7-8,13,18H,5-6,9-12,14H2,1-2H3/t18-,21-/m0/s1. The Morgan fingerprint density at radius 1 is 1.21 bits per heavy atom. The van der Waals surface area contributed by atoms with Gasteiger partial charge in [0.25, 0.3) is 5.56 Å². The summed E-state index contributed by atoms with van der Waals surface area (Å²) < 4.78 is 1.25. The fraction of sp³-hybridized carbons (Fsp3) is 0.524. The van der Waals surface area contributed by atoms with Crippen molar-refractivity contribution >= 4 is 22.6 Å². The molecule has 2 aliphatic rings. The van der Waals surface area contributed by atoms with Gasteiger partial charge in [0.2, 0.25) is 11.8 Å². The molecule has 7 heteroatoms. The molecule has 1 aromatic heterocycles. The molecule has 2 aliphatic heterocycles. The van der Waals surface area contributed by atoms with E-state index in [1.54, 1.807) is 19.2 Å². The minimum Gasteiger partial charge on any atom is -0.338 e. The van der Waals surface area contributed by atoms with Gasteiger partial charge in [-0.3, -0.25) is 14.4 Å². The van der Waals surface area contributed by atoms with Crippen LogP contribution in [0.4, 0.5) is 0 Å². The van der Waals surface area contributed by atoms with Gasteiger partial charge in [0.15, 0.2) is 0 Å². The minimum absolute atomic E-state index is 0.0396. The van der Waals surface area contributed by atoms with Gasteiger partial charge in [-0.15, -0.1) is 0 Å². The first kappa shape index (κ1) is 18.7. The quantitative estimate of drug-likeness (QED) is 0.794. The van der Waals surface area contributed by atoms with Gasteiger partial charge >= 0.3 is 0 Å². The van der Waals surface area contributed by atoms with Gasteiger partial charge in [0.05, 0.1) is 23.2 Å². The van der Waals surface area contributed by atoms with E-state index in [-0.39, 0.29) is 35.5 Å². The van der Waals surface area contributed by atoms with Gasteiger partial charge in [-0.05, 0) is 38.7 Å². The van der Waals surface area contributed by atoms with E-state index in [1.807, 2.05) is 28.0 Å². The van der Waals surface area contributed by atoms with Crippen molar-refractivity contribution < 1.29 is 9.59 Å². The SMILES string of the molecule is CC(=O)N1CCC[C@@]2(C)[C@@H]1CCCN2C(=O)Cn1ncc2ccccc2c1=O. The molecule has 0 bridgehead atoms. The number of piperidine rings is 2. The van der Waals surface area contributed by atoms with Crippen molar-refractivity contribution in [1.82, 2.24) is 19.6 Å².